The van der Waals surface area contributed by atoms with Crippen LogP contribution in [0.1, 0.15) is 11.1 Å². The first kappa shape index (κ1) is 22.1. The van der Waals surface area contributed by atoms with Crippen molar-refractivity contribution >= 4 is 40.9 Å². The number of nitrogens with one attached hydrogen (secondary N) is 2. The third-order valence-corrected chi connectivity index (χ3v) is 4.80. The smallest absolute Gasteiger partial charge is 0.355 e. The number of benzene rings is 2. The third kappa shape index (κ3) is 7.82. The molecule has 0 bridgehead atoms. The van der Waals surface area contributed by atoms with Crippen molar-refractivity contribution in [3.63, 3.8) is 0 Å². The first-order valence-electron chi connectivity index (χ1n) is 8.30. The Kier molecular flexibility index (Phi) is 8.19. The molecule has 0 aliphatic carbocycles. The summed E-state index contributed by atoms with van der Waals surface area (Å²) in [5.74, 6) is -0.239. The topological polar surface area (TPSA) is 58.2 Å². The maximum Gasteiger partial charge on any atom is 0.416 e. The van der Waals surface area contributed by atoms with Gasteiger partial charge in [-0.1, -0.05) is 23.7 Å². The second kappa shape index (κ2) is 10.4. The van der Waals surface area contributed by atoms with Crippen LogP contribution in [0.2, 0.25) is 5.02 Å². The molecule has 0 heterocycles. The van der Waals surface area contributed by atoms with Gasteiger partial charge in [0.15, 0.2) is 0 Å². The zero-order chi connectivity index (χ0) is 20.6. The van der Waals surface area contributed by atoms with Crippen LogP contribution in [-0.2, 0) is 22.2 Å². The number of thioether (sulfide) groups is 1. The van der Waals surface area contributed by atoms with Gasteiger partial charge in [0.05, 0.1) is 17.1 Å². The van der Waals surface area contributed by atoms with Crippen molar-refractivity contribution in [2.24, 2.45) is 0 Å². The van der Waals surface area contributed by atoms with Crippen LogP contribution < -0.4 is 10.6 Å². The summed E-state index contributed by atoms with van der Waals surface area (Å²) in [5, 5.41) is 5.94. The Hall–Kier alpha value is -2.19. The molecule has 150 valence electrons. The van der Waals surface area contributed by atoms with Gasteiger partial charge in [0.1, 0.15) is 0 Å². The molecule has 0 aliphatic heterocycles. The second-order valence-electron chi connectivity index (χ2n) is 5.84. The monoisotopic (exact) mass is 430 g/mol. The van der Waals surface area contributed by atoms with Crippen LogP contribution in [0.15, 0.2) is 48.5 Å². The standard InChI is InChI=1S/C19H18ClF3N2O2S/c20-15-5-7-16(8-6-15)25-18(27)12-28-11-17(26)24-10-9-13-1-3-14(4-2-13)19(21,22)23/h1-8H,9-12H2,(H,24,26)(H,25,27). The maximum atomic E-state index is 12.5. The minimum Gasteiger partial charge on any atom is -0.355 e. The van der Waals surface area contributed by atoms with E-state index in [2.05, 4.69) is 10.6 Å². The lowest BCUT2D eigenvalue weighted by molar-refractivity contribution is -0.137. The highest BCUT2D eigenvalue weighted by atomic mass is 35.5. The first-order valence-corrected chi connectivity index (χ1v) is 9.83. The third-order valence-electron chi connectivity index (χ3n) is 3.61. The van der Waals surface area contributed by atoms with Crippen molar-refractivity contribution < 1.29 is 22.8 Å². The van der Waals surface area contributed by atoms with E-state index < -0.39 is 11.7 Å². The lowest BCUT2D eigenvalue weighted by atomic mass is 10.1. The van der Waals surface area contributed by atoms with Crippen LogP contribution in [-0.4, -0.2) is 29.9 Å². The van der Waals surface area contributed by atoms with Crippen LogP contribution in [0.3, 0.4) is 0 Å². The molecule has 0 fully saturated rings. The lowest BCUT2D eigenvalue weighted by Gasteiger charge is -2.08. The summed E-state index contributed by atoms with van der Waals surface area (Å²) in [7, 11) is 0. The van der Waals surface area contributed by atoms with Crippen LogP contribution in [0.4, 0.5) is 18.9 Å². The molecule has 0 unspecified atom stereocenters. The summed E-state index contributed by atoms with van der Waals surface area (Å²) in [6.07, 6.45) is -3.94. The molecule has 9 heteroatoms. The van der Waals surface area contributed by atoms with E-state index in [4.69, 9.17) is 11.6 Å². The number of amides is 2. The average Bonchev–Trinajstić information content (AvgIpc) is 2.63. The molecule has 2 amide bonds. The van der Waals surface area contributed by atoms with E-state index in [0.29, 0.717) is 29.2 Å². The summed E-state index contributed by atoms with van der Waals surface area (Å²) in [6, 6.07) is 11.5. The Morgan fingerprint density at radius 1 is 0.929 bits per heavy atom. The lowest BCUT2D eigenvalue weighted by Crippen LogP contribution is -2.28. The molecule has 0 saturated heterocycles. The van der Waals surface area contributed by atoms with E-state index >= 15 is 0 Å². The zero-order valence-electron chi connectivity index (χ0n) is 14.7. The molecular formula is C19H18ClF3N2O2S. The Morgan fingerprint density at radius 3 is 2.14 bits per heavy atom. The highest BCUT2D eigenvalue weighted by molar-refractivity contribution is 8.00. The van der Waals surface area contributed by atoms with E-state index in [1.54, 1.807) is 24.3 Å². The van der Waals surface area contributed by atoms with Crippen molar-refractivity contribution in [3.8, 4) is 0 Å². The highest BCUT2D eigenvalue weighted by Gasteiger charge is 2.29. The summed E-state index contributed by atoms with van der Waals surface area (Å²) in [6.45, 7) is 0.307. The Labute approximate surface area is 169 Å². The molecule has 2 aromatic carbocycles. The van der Waals surface area contributed by atoms with Gasteiger partial charge in [-0.05, 0) is 48.4 Å². The van der Waals surface area contributed by atoms with E-state index in [0.717, 1.165) is 12.1 Å². The summed E-state index contributed by atoms with van der Waals surface area (Å²) < 4.78 is 37.5. The molecule has 28 heavy (non-hydrogen) atoms. The molecule has 0 spiro atoms. The number of anilines is 1. The fraction of sp³-hybridized carbons (Fsp3) is 0.263. The van der Waals surface area contributed by atoms with Crippen LogP contribution in [0, 0.1) is 0 Å². The molecule has 2 N–H and O–H groups in total. The predicted octanol–water partition coefficient (Wildman–Crippen LogP) is 4.39. The van der Waals surface area contributed by atoms with Gasteiger partial charge in [0, 0.05) is 17.3 Å². The van der Waals surface area contributed by atoms with Gasteiger partial charge < -0.3 is 10.6 Å². The van der Waals surface area contributed by atoms with Crippen molar-refractivity contribution in [2.75, 3.05) is 23.4 Å². The molecule has 2 rings (SSSR count). The van der Waals surface area contributed by atoms with Crippen molar-refractivity contribution in [2.45, 2.75) is 12.6 Å². The fourth-order valence-corrected chi connectivity index (χ4v) is 3.00. The molecule has 0 atom stereocenters. The molecule has 0 aliphatic rings. The summed E-state index contributed by atoms with van der Waals surface area (Å²) >= 11 is 6.93. The van der Waals surface area contributed by atoms with Crippen LogP contribution in [0.25, 0.3) is 0 Å². The van der Waals surface area contributed by atoms with Gasteiger partial charge in [-0.15, -0.1) is 11.8 Å². The predicted molar refractivity (Wildman–Crippen MR) is 106 cm³/mol. The maximum absolute atomic E-state index is 12.5. The summed E-state index contributed by atoms with van der Waals surface area (Å²) in [4.78, 5) is 23.6. The fourth-order valence-electron chi connectivity index (χ4n) is 2.22. The number of halogens is 4. The SMILES string of the molecule is O=C(CSCC(=O)Nc1ccc(Cl)cc1)NCCc1ccc(C(F)(F)F)cc1. The number of rotatable bonds is 8. The Bertz CT molecular complexity index is 796. The Morgan fingerprint density at radius 2 is 1.54 bits per heavy atom. The minimum absolute atomic E-state index is 0.112. The van der Waals surface area contributed by atoms with Crippen molar-refractivity contribution in [1.82, 2.24) is 5.32 Å². The van der Waals surface area contributed by atoms with Gasteiger partial charge >= 0.3 is 6.18 Å². The van der Waals surface area contributed by atoms with Crippen molar-refractivity contribution in [3.05, 3.63) is 64.7 Å². The highest BCUT2D eigenvalue weighted by Crippen LogP contribution is 2.29. The van der Waals surface area contributed by atoms with E-state index in [1.165, 1.54) is 23.9 Å². The first-order chi connectivity index (χ1) is 13.2. The van der Waals surface area contributed by atoms with Gasteiger partial charge in [-0.2, -0.15) is 13.2 Å². The van der Waals surface area contributed by atoms with E-state index in [9.17, 15) is 22.8 Å². The number of hydrogen-bond acceptors (Lipinski definition) is 3. The van der Waals surface area contributed by atoms with Gasteiger partial charge in [0.2, 0.25) is 11.8 Å². The number of carbonyl (C=O) groups is 2. The zero-order valence-corrected chi connectivity index (χ0v) is 16.3. The van der Waals surface area contributed by atoms with Gasteiger partial charge in [-0.3, -0.25) is 9.59 Å². The van der Waals surface area contributed by atoms with E-state index in [1.807, 2.05) is 0 Å². The Balaban J connectivity index is 1.62. The minimum atomic E-state index is -4.36. The van der Waals surface area contributed by atoms with Crippen LogP contribution in [0.5, 0.6) is 0 Å². The molecule has 2 aromatic rings. The van der Waals surface area contributed by atoms with Crippen molar-refractivity contribution in [1.29, 1.82) is 0 Å². The molecule has 0 radical (unpaired) electrons. The molecular weight excluding hydrogens is 413 g/mol. The normalized spacial score (nSPS) is 11.1. The summed E-state index contributed by atoms with van der Waals surface area (Å²) in [5.41, 5.74) is 0.618. The molecule has 4 nitrogen and oxygen atoms in total. The number of hydrogen-bond donors (Lipinski definition) is 2. The van der Waals surface area contributed by atoms with Crippen LogP contribution >= 0.6 is 23.4 Å². The van der Waals surface area contributed by atoms with Gasteiger partial charge in [-0.25, -0.2) is 0 Å². The quantitative estimate of drug-likeness (QED) is 0.653. The average molecular weight is 431 g/mol. The number of carbonyl (C=O) groups excluding carboxylic acids is 2. The molecule has 0 aromatic heterocycles. The largest absolute Gasteiger partial charge is 0.416 e. The number of alkyl halides is 3. The second-order valence-corrected chi connectivity index (χ2v) is 7.26. The van der Waals surface area contributed by atoms with E-state index in [-0.39, 0.29) is 23.3 Å². The molecule has 0 saturated carbocycles. The van der Waals surface area contributed by atoms with Gasteiger partial charge in [0.25, 0.3) is 0 Å².